The summed E-state index contributed by atoms with van der Waals surface area (Å²) in [5.74, 6) is 0.0614. The van der Waals surface area contributed by atoms with Gasteiger partial charge in [-0.15, -0.1) is 0 Å². The molecular formula is C18H13BrO. The monoisotopic (exact) mass is 324 g/mol. The van der Waals surface area contributed by atoms with Crippen LogP contribution in [0, 0.1) is 6.92 Å². The van der Waals surface area contributed by atoms with E-state index in [-0.39, 0.29) is 5.78 Å². The molecule has 0 N–H and O–H groups in total. The molecule has 2 heteroatoms. The van der Waals surface area contributed by atoms with Gasteiger partial charge < -0.3 is 0 Å². The molecule has 0 aliphatic rings. The van der Waals surface area contributed by atoms with Gasteiger partial charge in [0.2, 0.25) is 0 Å². The van der Waals surface area contributed by atoms with Crippen molar-refractivity contribution in [3.05, 3.63) is 81.8 Å². The molecule has 0 aliphatic heterocycles. The lowest BCUT2D eigenvalue weighted by Crippen LogP contribution is -2.01. The summed E-state index contributed by atoms with van der Waals surface area (Å²) in [4.78, 5) is 12.5. The maximum Gasteiger partial charge on any atom is 0.193 e. The minimum absolute atomic E-state index is 0.0614. The second-order valence-corrected chi connectivity index (χ2v) is 5.71. The minimum Gasteiger partial charge on any atom is -0.289 e. The van der Waals surface area contributed by atoms with E-state index in [1.807, 2.05) is 67.6 Å². The highest BCUT2D eigenvalue weighted by Crippen LogP contribution is 2.21. The molecule has 0 aromatic heterocycles. The summed E-state index contributed by atoms with van der Waals surface area (Å²) in [6, 6.07) is 19.6. The normalized spacial score (nSPS) is 10.7. The molecule has 20 heavy (non-hydrogen) atoms. The smallest absolute Gasteiger partial charge is 0.193 e. The third-order valence-corrected chi connectivity index (χ3v) is 4.32. The van der Waals surface area contributed by atoms with Crippen LogP contribution in [0.1, 0.15) is 21.5 Å². The average Bonchev–Trinajstić information content (AvgIpc) is 2.49. The van der Waals surface area contributed by atoms with E-state index in [9.17, 15) is 4.79 Å². The second-order valence-electron chi connectivity index (χ2n) is 4.86. The van der Waals surface area contributed by atoms with Gasteiger partial charge in [0.1, 0.15) is 0 Å². The Morgan fingerprint density at radius 3 is 2.25 bits per heavy atom. The van der Waals surface area contributed by atoms with Gasteiger partial charge in [0.25, 0.3) is 0 Å². The topological polar surface area (TPSA) is 17.1 Å². The van der Waals surface area contributed by atoms with Crippen molar-refractivity contribution >= 4 is 32.5 Å². The second kappa shape index (κ2) is 5.22. The Kier molecular flexibility index (Phi) is 3.41. The highest BCUT2D eigenvalue weighted by atomic mass is 79.9. The van der Waals surface area contributed by atoms with Gasteiger partial charge in [-0.05, 0) is 47.5 Å². The van der Waals surface area contributed by atoms with Gasteiger partial charge in [-0.3, -0.25) is 4.79 Å². The summed E-state index contributed by atoms with van der Waals surface area (Å²) in [6.07, 6.45) is 0. The first-order valence-corrected chi connectivity index (χ1v) is 7.24. The first-order valence-electron chi connectivity index (χ1n) is 6.45. The number of rotatable bonds is 2. The summed E-state index contributed by atoms with van der Waals surface area (Å²) in [6.45, 7) is 1.99. The SMILES string of the molecule is Cc1cc(C(=O)c2ccc3ccccc3c2)ccc1Br. The number of carbonyl (C=O) groups is 1. The quantitative estimate of drug-likeness (QED) is 0.596. The molecule has 0 radical (unpaired) electrons. The molecule has 0 fully saturated rings. The molecule has 0 spiro atoms. The highest BCUT2D eigenvalue weighted by molar-refractivity contribution is 9.10. The van der Waals surface area contributed by atoms with Gasteiger partial charge in [0, 0.05) is 15.6 Å². The van der Waals surface area contributed by atoms with Crippen molar-refractivity contribution in [2.24, 2.45) is 0 Å². The highest BCUT2D eigenvalue weighted by Gasteiger charge is 2.10. The molecule has 0 amide bonds. The fourth-order valence-electron chi connectivity index (χ4n) is 2.28. The number of halogens is 1. The maximum atomic E-state index is 12.5. The van der Waals surface area contributed by atoms with Crippen LogP contribution < -0.4 is 0 Å². The zero-order chi connectivity index (χ0) is 14.1. The minimum atomic E-state index is 0.0614. The zero-order valence-corrected chi connectivity index (χ0v) is 12.6. The van der Waals surface area contributed by atoms with Gasteiger partial charge in [0.05, 0.1) is 0 Å². The summed E-state index contributed by atoms with van der Waals surface area (Å²) >= 11 is 3.46. The van der Waals surface area contributed by atoms with Gasteiger partial charge in [-0.25, -0.2) is 0 Å². The molecule has 0 unspecified atom stereocenters. The molecule has 3 aromatic rings. The molecule has 3 rings (SSSR count). The molecule has 98 valence electrons. The molecule has 0 atom stereocenters. The lowest BCUT2D eigenvalue weighted by Gasteiger charge is -2.05. The van der Waals surface area contributed by atoms with Gasteiger partial charge in [0.15, 0.2) is 5.78 Å². The van der Waals surface area contributed by atoms with E-state index in [2.05, 4.69) is 15.9 Å². The Balaban J connectivity index is 2.05. The van der Waals surface area contributed by atoms with Crippen LogP contribution >= 0.6 is 15.9 Å². The predicted octanol–water partition coefficient (Wildman–Crippen LogP) is 5.14. The van der Waals surface area contributed by atoms with E-state index in [4.69, 9.17) is 0 Å². The molecule has 0 heterocycles. The maximum absolute atomic E-state index is 12.5. The number of benzene rings is 3. The van der Waals surface area contributed by atoms with Crippen molar-refractivity contribution < 1.29 is 4.79 Å². The van der Waals surface area contributed by atoms with E-state index < -0.39 is 0 Å². The molecule has 0 saturated carbocycles. The van der Waals surface area contributed by atoms with E-state index in [1.165, 1.54) is 0 Å². The summed E-state index contributed by atoms with van der Waals surface area (Å²) in [5.41, 5.74) is 2.52. The van der Waals surface area contributed by atoms with E-state index in [0.717, 1.165) is 31.9 Å². The van der Waals surface area contributed by atoms with Crippen LogP contribution in [-0.4, -0.2) is 5.78 Å². The van der Waals surface area contributed by atoms with E-state index in [1.54, 1.807) is 0 Å². The summed E-state index contributed by atoms with van der Waals surface area (Å²) in [5, 5.41) is 2.24. The van der Waals surface area contributed by atoms with Crippen LogP contribution in [-0.2, 0) is 0 Å². The average molecular weight is 325 g/mol. The van der Waals surface area contributed by atoms with Crippen LogP contribution in [0.15, 0.2) is 65.1 Å². The molecule has 3 aromatic carbocycles. The lowest BCUT2D eigenvalue weighted by atomic mass is 9.99. The Hall–Kier alpha value is -1.93. The van der Waals surface area contributed by atoms with Crippen LogP contribution in [0.2, 0.25) is 0 Å². The third kappa shape index (κ3) is 2.39. The Bertz CT molecular complexity index is 805. The molecule has 0 saturated heterocycles. The van der Waals surface area contributed by atoms with Gasteiger partial charge >= 0.3 is 0 Å². The van der Waals surface area contributed by atoms with Crippen LogP contribution in [0.25, 0.3) is 10.8 Å². The van der Waals surface area contributed by atoms with E-state index >= 15 is 0 Å². The molecule has 0 bridgehead atoms. The van der Waals surface area contributed by atoms with Crippen molar-refractivity contribution in [2.45, 2.75) is 6.92 Å². The van der Waals surface area contributed by atoms with Crippen molar-refractivity contribution in [3.63, 3.8) is 0 Å². The fraction of sp³-hybridized carbons (Fsp3) is 0.0556. The van der Waals surface area contributed by atoms with E-state index in [0.29, 0.717) is 0 Å². The fourth-order valence-corrected chi connectivity index (χ4v) is 2.53. The first kappa shape index (κ1) is 13.1. The third-order valence-electron chi connectivity index (χ3n) is 3.43. The Morgan fingerprint density at radius 1 is 0.850 bits per heavy atom. The largest absolute Gasteiger partial charge is 0.289 e. The number of hydrogen-bond donors (Lipinski definition) is 0. The van der Waals surface area contributed by atoms with Crippen molar-refractivity contribution in [1.82, 2.24) is 0 Å². The van der Waals surface area contributed by atoms with Crippen LogP contribution in [0.3, 0.4) is 0 Å². The van der Waals surface area contributed by atoms with Crippen molar-refractivity contribution in [2.75, 3.05) is 0 Å². The summed E-state index contributed by atoms with van der Waals surface area (Å²) < 4.78 is 1.02. The zero-order valence-electron chi connectivity index (χ0n) is 11.1. The first-order chi connectivity index (χ1) is 9.65. The number of carbonyl (C=O) groups excluding carboxylic acids is 1. The van der Waals surface area contributed by atoms with Gasteiger partial charge in [-0.1, -0.05) is 52.3 Å². The molecular weight excluding hydrogens is 312 g/mol. The van der Waals surface area contributed by atoms with Gasteiger partial charge in [-0.2, -0.15) is 0 Å². The lowest BCUT2D eigenvalue weighted by molar-refractivity contribution is 0.103. The number of fused-ring (bicyclic) bond motifs is 1. The van der Waals surface area contributed by atoms with Crippen LogP contribution in [0.4, 0.5) is 0 Å². The number of hydrogen-bond acceptors (Lipinski definition) is 1. The van der Waals surface area contributed by atoms with Crippen molar-refractivity contribution in [1.29, 1.82) is 0 Å². The number of aryl methyl sites for hydroxylation is 1. The Morgan fingerprint density at radius 2 is 1.50 bits per heavy atom. The predicted molar refractivity (Wildman–Crippen MR) is 86.3 cm³/mol. The molecule has 1 nitrogen and oxygen atoms in total. The van der Waals surface area contributed by atoms with Crippen molar-refractivity contribution in [3.8, 4) is 0 Å². The molecule has 0 aliphatic carbocycles. The van der Waals surface area contributed by atoms with Crippen LogP contribution in [0.5, 0.6) is 0 Å². The Labute approximate surface area is 126 Å². The summed E-state index contributed by atoms with van der Waals surface area (Å²) in [7, 11) is 0. The number of ketones is 1. The standard InChI is InChI=1S/C18H13BrO/c1-12-10-15(8-9-17(12)19)18(20)16-7-6-13-4-2-3-5-14(13)11-16/h2-11H,1H3.